The normalized spacial score (nSPS) is 10.2. The summed E-state index contributed by atoms with van der Waals surface area (Å²) in [5.41, 5.74) is 1.06. The first-order valence-corrected chi connectivity index (χ1v) is 8.30. The molecule has 0 aliphatic rings. The largest absolute Gasteiger partial charge is 0.493 e. The lowest BCUT2D eigenvalue weighted by molar-refractivity contribution is -0.146. The van der Waals surface area contributed by atoms with E-state index in [1.165, 1.54) is 20.3 Å². The van der Waals surface area contributed by atoms with Gasteiger partial charge in [0.05, 0.1) is 20.6 Å². The monoisotopic (exact) mass is 397 g/mol. The van der Waals surface area contributed by atoms with Gasteiger partial charge >= 0.3 is 5.97 Å². The number of carbonyl (C=O) groups excluding carboxylic acids is 2. The fourth-order valence-electron chi connectivity index (χ4n) is 2.13. The molecule has 138 valence electrons. The Morgan fingerprint density at radius 2 is 1.73 bits per heavy atom. The smallest absolute Gasteiger partial charge is 0.310 e. The first kappa shape index (κ1) is 19.9. The zero-order chi connectivity index (χ0) is 19.1. The van der Waals surface area contributed by atoms with Crippen LogP contribution in [-0.4, -0.2) is 32.7 Å². The highest BCUT2D eigenvalue weighted by molar-refractivity contribution is 6.35. The molecule has 2 aromatic rings. The average Bonchev–Trinajstić information content (AvgIpc) is 2.62. The number of hydrogen-bond donors (Lipinski definition) is 1. The van der Waals surface area contributed by atoms with Gasteiger partial charge in [-0.2, -0.15) is 0 Å². The van der Waals surface area contributed by atoms with Gasteiger partial charge in [-0.3, -0.25) is 9.59 Å². The van der Waals surface area contributed by atoms with Crippen molar-refractivity contribution in [2.45, 2.75) is 6.42 Å². The second-order valence-corrected chi connectivity index (χ2v) is 6.03. The van der Waals surface area contributed by atoms with Crippen LogP contribution in [0, 0.1) is 0 Å². The molecule has 0 bridgehead atoms. The predicted molar refractivity (Wildman–Crippen MR) is 99.3 cm³/mol. The van der Waals surface area contributed by atoms with Crippen molar-refractivity contribution >= 4 is 40.8 Å². The number of halogens is 2. The molecular weight excluding hydrogens is 381 g/mol. The molecule has 1 N–H and O–H groups in total. The topological polar surface area (TPSA) is 73.9 Å². The molecule has 6 nitrogen and oxygen atoms in total. The Balaban J connectivity index is 1.87. The van der Waals surface area contributed by atoms with E-state index in [1.54, 1.807) is 30.3 Å². The minimum Gasteiger partial charge on any atom is -0.493 e. The maximum absolute atomic E-state index is 11.9. The fourth-order valence-corrected chi connectivity index (χ4v) is 2.60. The van der Waals surface area contributed by atoms with Crippen molar-refractivity contribution < 1.29 is 23.8 Å². The van der Waals surface area contributed by atoms with Crippen LogP contribution in [0.3, 0.4) is 0 Å². The number of rotatable bonds is 7. The minimum absolute atomic E-state index is 0.0559. The zero-order valence-corrected chi connectivity index (χ0v) is 15.7. The fraction of sp³-hybridized carbons (Fsp3) is 0.222. The molecule has 0 aromatic heterocycles. The molecule has 0 heterocycles. The van der Waals surface area contributed by atoms with Gasteiger partial charge in [0.15, 0.2) is 18.1 Å². The molecule has 1 amide bonds. The van der Waals surface area contributed by atoms with Crippen LogP contribution in [-0.2, 0) is 20.7 Å². The maximum atomic E-state index is 11.9. The van der Waals surface area contributed by atoms with Crippen LogP contribution in [0.4, 0.5) is 5.69 Å². The summed E-state index contributed by atoms with van der Waals surface area (Å²) >= 11 is 11.8. The second kappa shape index (κ2) is 9.31. The molecule has 8 heteroatoms. The van der Waals surface area contributed by atoms with Crippen molar-refractivity contribution in [1.29, 1.82) is 0 Å². The van der Waals surface area contributed by atoms with Crippen molar-refractivity contribution in [3.63, 3.8) is 0 Å². The number of amides is 1. The molecule has 0 unspecified atom stereocenters. The lowest BCUT2D eigenvalue weighted by Gasteiger charge is -2.11. The number of nitrogens with one attached hydrogen (secondary N) is 1. The summed E-state index contributed by atoms with van der Waals surface area (Å²) in [6.45, 7) is -0.418. The number of benzene rings is 2. The van der Waals surface area contributed by atoms with Crippen LogP contribution in [0.5, 0.6) is 11.5 Å². The molecule has 0 radical (unpaired) electrons. The van der Waals surface area contributed by atoms with Crippen LogP contribution in [0.2, 0.25) is 10.0 Å². The number of esters is 1. The number of hydrogen-bond acceptors (Lipinski definition) is 5. The molecule has 2 aromatic carbocycles. The predicted octanol–water partition coefficient (Wildman–Crippen LogP) is 3.74. The van der Waals surface area contributed by atoms with E-state index in [-0.39, 0.29) is 6.42 Å². The summed E-state index contributed by atoms with van der Waals surface area (Å²) in [5, 5.41) is 3.45. The first-order chi connectivity index (χ1) is 12.4. The van der Waals surface area contributed by atoms with E-state index in [0.717, 1.165) is 0 Å². The minimum atomic E-state index is -0.573. The Labute approximate surface area is 160 Å². The summed E-state index contributed by atoms with van der Waals surface area (Å²) in [6, 6.07) is 9.70. The van der Waals surface area contributed by atoms with Crippen LogP contribution in [0.15, 0.2) is 36.4 Å². The van der Waals surface area contributed by atoms with Crippen LogP contribution in [0.1, 0.15) is 5.56 Å². The van der Waals surface area contributed by atoms with Gasteiger partial charge in [-0.1, -0.05) is 29.3 Å². The molecule has 0 aliphatic carbocycles. The molecular formula is C18H17Cl2NO5. The van der Waals surface area contributed by atoms with Gasteiger partial charge in [-0.15, -0.1) is 0 Å². The van der Waals surface area contributed by atoms with Crippen molar-refractivity contribution in [1.82, 2.24) is 0 Å². The highest BCUT2D eigenvalue weighted by Gasteiger charge is 2.12. The molecule has 0 saturated heterocycles. The van der Waals surface area contributed by atoms with Crippen molar-refractivity contribution in [3.8, 4) is 11.5 Å². The Bertz CT molecular complexity index is 810. The third kappa shape index (κ3) is 5.54. The van der Waals surface area contributed by atoms with Gasteiger partial charge in [0.1, 0.15) is 0 Å². The summed E-state index contributed by atoms with van der Waals surface area (Å²) in [5.74, 6) is -0.0408. The van der Waals surface area contributed by atoms with Gasteiger partial charge in [0.25, 0.3) is 5.91 Å². The van der Waals surface area contributed by atoms with Crippen molar-refractivity contribution in [2.24, 2.45) is 0 Å². The first-order valence-electron chi connectivity index (χ1n) is 7.54. The Hall–Kier alpha value is -2.44. The van der Waals surface area contributed by atoms with Crippen LogP contribution < -0.4 is 14.8 Å². The molecule has 0 fully saturated rings. The third-order valence-electron chi connectivity index (χ3n) is 3.38. The highest BCUT2D eigenvalue weighted by Crippen LogP contribution is 2.29. The summed E-state index contributed by atoms with van der Waals surface area (Å²) < 4.78 is 15.2. The Morgan fingerprint density at radius 1 is 1.00 bits per heavy atom. The van der Waals surface area contributed by atoms with E-state index in [1.807, 2.05) is 0 Å². The summed E-state index contributed by atoms with van der Waals surface area (Å²) in [6.07, 6.45) is -0.0559. The number of methoxy groups -OCH3 is 2. The van der Waals surface area contributed by atoms with Gasteiger partial charge in [0, 0.05) is 21.8 Å². The van der Waals surface area contributed by atoms with E-state index >= 15 is 0 Å². The Kier molecular flexibility index (Phi) is 7.12. The van der Waals surface area contributed by atoms with Gasteiger partial charge in [-0.25, -0.2) is 0 Å². The number of anilines is 1. The van der Waals surface area contributed by atoms with Gasteiger partial charge in [0.2, 0.25) is 0 Å². The quantitative estimate of drug-likeness (QED) is 0.720. The molecule has 26 heavy (non-hydrogen) atoms. The van der Waals surface area contributed by atoms with E-state index in [4.69, 9.17) is 37.4 Å². The maximum Gasteiger partial charge on any atom is 0.310 e. The van der Waals surface area contributed by atoms with E-state index in [0.29, 0.717) is 32.8 Å². The number of carbonyl (C=O) groups is 2. The molecule has 0 saturated carbocycles. The van der Waals surface area contributed by atoms with Crippen LogP contribution >= 0.6 is 23.2 Å². The number of ether oxygens (including phenoxy) is 3. The van der Waals surface area contributed by atoms with E-state index in [2.05, 4.69) is 5.32 Å². The highest BCUT2D eigenvalue weighted by atomic mass is 35.5. The molecule has 0 aliphatic heterocycles. The molecule has 0 atom stereocenters. The summed E-state index contributed by atoms with van der Waals surface area (Å²) in [7, 11) is 3.01. The van der Waals surface area contributed by atoms with Crippen molar-refractivity contribution in [3.05, 3.63) is 52.0 Å². The second-order valence-electron chi connectivity index (χ2n) is 5.19. The Morgan fingerprint density at radius 3 is 2.38 bits per heavy atom. The molecule has 2 rings (SSSR count). The SMILES string of the molecule is COc1ccc(NC(=O)COC(=O)Cc2ccc(Cl)cc2Cl)cc1OC. The average molecular weight is 398 g/mol. The van der Waals surface area contributed by atoms with Gasteiger partial charge < -0.3 is 19.5 Å². The van der Waals surface area contributed by atoms with E-state index < -0.39 is 18.5 Å². The lowest BCUT2D eigenvalue weighted by Crippen LogP contribution is -2.21. The van der Waals surface area contributed by atoms with E-state index in [9.17, 15) is 9.59 Å². The summed E-state index contributed by atoms with van der Waals surface area (Å²) in [4.78, 5) is 23.8. The molecule has 0 spiro atoms. The lowest BCUT2D eigenvalue weighted by atomic mass is 10.1. The standard InChI is InChI=1S/C18H17Cl2NO5/c1-24-15-6-5-13(9-16(15)25-2)21-17(22)10-26-18(23)7-11-3-4-12(19)8-14(11)20/h3-6,8-9H,7,10H2,1-2H3,(H,21,22). The zero-order valence-electron chi connectivity index (χ0n) is 14.2. The third-order valence-corrected chi connectivity index (χ3v) is 3.97. The van der Waals surface area contributed by atoms with Crippen molar-refractivity contribution in [2.75, 3.05) is 26.1 Å². The van der Waals surface area contributed by atoms with Crippen LogP contribution in [0.25, 0.3) is 0 Å². The van der Waals surface area contributed by atoms with Gasteiger partial charge in [-0.05, 0) is 29.8 Å².